The Balaban J connectivity index is 1.64. The lowest BCUT2D eigenvalue weighted by atomic mass is 10.0. The number of hydrogen-bond acceptors (Lipinski definition) is 3. The third-order valence-corrected chi connectivity index (χ3v) is 3.72. The first-order chi connectivity index (χ1) is 9.24. The van der Waals surface area contributed by atoms with E-state index in [1.54, 1.807) is 0 Å². The summed E-state index contributed by atoms with van der Waals surface area (Å²) >= 11 is 5.92. The van der Waals surface area contributed by atoms with Crippen LogP contribution in [0, 0.1) is 0 Å². The van der Waals surface area contributed by atoms with Crippen molar-refractivity contribution < 1.29 is 4.74 Å². The minimum Gasteiger partial charge on any atom is -0.492 e. The number of nitrogens with one attached hydrogen (secondary N) is 1. The lowest BCUT2D eigenvalue weighted by Gasteiger charge is -2.28. The largest absolute Gasteiger partial charge is 0.492 e. The fraction of sp³-hybridized carbons (Fsp3) is 0.600. The van der Waals surface area contributed by atoms with E-state index in [2.05, 4.69) is 17.3 Å². The van der Waals surface area contributed by atoms with E-state index in [1.807, 2.05) is 24.3 Å². The number of rotatable bonds is 6. The topological polar surface area (TPSA) is 24.5 Å². The molecule has 4 heteroatoms. The summed E-state index contributed by atoms with van der Waals surface area (Å²) in [5.74, 6) is 0.844. The lowest BCUT2D eigenvalue weighted by Crippen LogP contribution is -2.43. The van der Waals surface area contributed by atoms with Gasteiger partial charge in [0, 0.05) is 24.2 Å². The zero-order valence-electron chi connectivity index (χ0n) is 11.6. The Kier molecular flexibility index (Phi) is 5.95. The van der Waals surface area contributed by atoms with Crippen molar-refractivity contribution in [2.75, 3.05) is 33.3 Å². The van der Waals surface area contributed by atoms with Crippen LogP contribution in [0.4, 0.5) is 0 Å². The normalized spacial score (nSPS) is 19.6. The highest BCUT2D eigenvalue weighted by Crippen LogP contribution is 2.17. The van der Waals surface area contributed by atoms with Crippen LogP contribution in [0.2, 0.25) is 5.02 Å². The Labute approximate surface area is 120 Å². The summed E-state index contributed by atoms with van der Waals surface area (Å²) in [6, 6.07) is 8.20. The number of halogens is 1. The van der Waals surface area contributed by atoms with Gasteiger partial charge in [0.05, 0.1) is 0 Å². The number of ether oxygens (including phenoxy) is 1. The standard InChI is InChI=1S/C15H23ClN2O/c1-18(12-14-6-2-3-8-17-14)9-10-19-15-7-4-5-13(16)11-15/h4-5,7,11,14,17H,2-3,6,8-10,12H2,1H3. The highest BCUT2D eigenvalue weighted by Gasteiger charge is 2.14. The van der Waals surface area contributed by atoms with Gasteiger partial charge in [0.15, 0.2) is 0 Å². The van der Waals surface area contributed by atoms with Crippen LogP contribution in [-0.2, 0) is 0 Å². The summed E-state index contributed by atoms with van der Waals surface area (Å²) in [5.41, 5.74) is 0. The van der Waals surface area contributed by atoms with Crippen molar-refractivity contribution in [3.05, 3.63) is 29.3 Å². The molecule has 19 heavy (non-hydrogen) atoms. The smallest absolute Gasteiger partial charge is 0.120 e. The predicted molar refractivity (Wildman–Crippen MR) is 80.1 cm³/mol. The molecule has 3 nitrogen and oxygen atoms in total. The Morgan fingerprint density at radius 2 is 2.32 bits per heavy atom. The van der Waals surface area contributed by atoms with Gasteiger partial charge in [-0.25, -0.2) is 0 Å². The first-order valence-corrected chi connectivity index (χ1v) is 7.42. The summed E-state index contributed by atoms with van der Waals surface area (Å²) in [4.78, 5) is 2.33. The molecule has 1 heterocycles. The molecule has 106 valence electrons. The summed E-state index contributed by atoms with van der Waals surface area (Å²) in [6.07, 6.45) is 3.96. The van der Waals surface area contributed by atoms with Crippen molar-refractivity contribution in [1.82, 2.24) is 10.2 Å². The molecule has 0 aliphatic carbocycles. The van der Waals surface area contributed by atoms with Crippen molar-refractivity contribution in [1.29, 1.82) is 0 Å². The van der Waals surface area contributed by atoms with Crippen molar-refractivity contribution in [3.8, 4) is 5.75 Å². The molecule has 0 spiro atoms. The number of likely N-dealkylation sites (N-methyl/N-ethyl adjacent to an activating group) is 1. The molecule has 1 N–H and O–H groups in total. The molecule has 0 aromatic heterocycles. The van der Waals surface area contributed by atoms with Crippen LogP contribution >= 0.6 is 11.6 Å². The molecule has 1 atom stereocenters. The fourth-order valence-corrected chi connectivity index (χ4v) is 2.60. The summed E-state index contributed by atoms with van der Waals surface area (Å²) in [7, 11) is 2.15. The van der Waals surface area contributed by atoms with Crippen LogP contribution in [0.25, 0.3) is 0 Å². The third kappa shape index (κ3) is 5.39. The molecule has 1 saturated heterocycles. The second kappa shape index (κ2) is 7.73. The Morgan fingerprint density at radius 3 is 3.05 bits per heavy atom. The Morgan fingerprint density at radius 1 is 1.42 bits per heavy atom. The molecule has 0 bridgehead atoms. The Hall–Kier alpha value is -0.770. The number of piperidine rings is 1. The van der Waals surface area contributed by atoms with Crippen LogP contribution in [0.3, 0.4) is 0 Å². The van der Waals surface area contributed by atoms with E-state index >= 15 is 0 Å². The van der Waals surface area contributed by atoms with E-state index < -0.39 is 0 Å². The molecule has 1 aromatic rings. The minimum atomic E-state index is 0.643. The zero-order chi connectivity index (χ0) is 13.5. The van der Waals surface area contributed by atoms with Gasteiger partial charge in [-0.3, -0.25) is 0 Å². The second-order valence-electron chi connectivity index (χ2n) is 5.21. The molecule has 1 aliphatic heterocycles. The molecule has 0 saturated carbocycles. The van der Waals surface area contributed by atoms with Crippen LogP contribution in [0.1, 0.15) is 19.3 Å². The molecule has 0 amide bonds. The first-order valence-electron chi connectivity index (χ1n) is 7.04. The molecule has 1 aliphatic rings. The van der Waals surface area contributed by atoms with E-state index in [1.165, 1.54) is 19.3 Å². The second-order valence-corrected chi connectivity index (χ2v) is 5.65. The van der Waals surface area contributed by atoms with Gasteiger partial charge in [0.1, 0.15) is 12.4 Å². The van der Waals surface area contributed by atoms with Gasteiger partial charge in [0.2, 0.25) is 0 Å². The monoisotopic (exact) mass is 282 g/mol. The molecule has 2 rings (SSSR count). The van der Waals surface area contributed by atoms with Gasteiger partial charge in [0.25, 0.3) is 0 Å². The lowest BCUT2D eigenvalue weighted by molar-refractivity contribution is 0.212. The van der Waals surface area contributed by atoms with Gasteiger partial charge >= 0.3 is 0 Å². The molecule has 1 unspecified atom stereocenters. The maximum Gasteiger partial charge on any atom is 0.120 e. The molecule has 0 radical (unpaired) electrons. The predicted octanol–water partition coefficient (Wildman–Crippen LogP) is 2.79. The first kappa shape index (κ1) is 14.6. The molecular weight excluding hydrogens is 260 g/mol. The average Bonchev–Trinajstić information content (AvgIpc) is 2.40. The number of hydrogen-bond donors (Lipinski definition) is 1. The van der Waals surface area contributed by atoms with Gasteiger partial charge in [-0.2, -0.15) is 0 Å². The maximum absolute atomic E-state index is 5.92. The highest BCUT2D eigenvalue weighted by atomic mass is 35.5. The van der Waals surface area contributed by atoms with E-state index in [-0.39, 0.29) is 0 Å². The van der Waals surface area contributed by atoms with Crippen LogP contribution < -0.4 is 10.1 Å². The highest BCUT2D eigenvalue weighted by molar-refractivity contribution is 6.30. The summed E-state index contributed by atoms with van der Waals surface area (Å²) in [5, 5.41) is 4.29. The molecular formula is C15H23ClN2O. The molecule has 1 fully saturated rings. The van der Waals surface area contributed by atoms with E-state index in [9.17, 15) is 0 Å². The number of nitrogens with zero attached hydrogens (tertiary/aromatic N) is 1. The van der Waals surface area contributed by atoms with Crippen molar-refractivity contribution >= 4 is 11.6 Å². The van der Waals surface area contributed by atoms with Gasteiger partial charge < -0.3 is 15.0 Å². The van der Waals surface area contributed by atoms with Crippen molar-refractivity contribution in [2.45, 2.75) is 25.3 Å². The van der Waals surface area contributed by atoms with Crippen LogP contribution in [0.5, 0.6) is 5.75 Å². The van der Waals surface area contributed by atoms with Gasteiger partial charge in [-0.15, -0.1) is 0 Å². The minimum absolute atomic E-state index is 0.643. The van der Waals surface area contributed by atoms with E-state index in [0.717, 1.165) is 30.4 Å². The van der Waals surface area contributed by atoms with Crippen molar-refractivity contribution in [2.24, 2.45) is 0 Å². The maximum atomic E-state index is 5.92. The fourth-order valence-electron chi connectivity index (χ4n) is 2.42. The quantitative estimate of drug-likeness (QED) is 0.868. The summed E-state index contributed by atoms with van der Waals surface area (Å²) < 4.78 is 5.70. The van der Waals surface area contributed by atoms with Gasteiger partial charge in [-0.1, -0.05) is 24.1 Å². The van der Waals surface area contributed by atoms with Gasteiger partial charge in [-0.05, 0) is 44.6 Å². The van der Waals surface area contributed by atoms with Crippen LogP contribution in [0.15, 0.2) is 24.3 Å². The average molecular weight is 283 g/mol. The number of benzene rings is 1. The third-order valence-electron chi connectivity index (χ3n) is 3.48. The van der Waals surface area contributed by atoms with Crippen LogP contribution in [-0.4, -0.2) is 44.2 Å². The zero-order valence-corrected chi connectivity index (χ0v) is 12.3. The summed E-state index contributed by atoms with van der Waals surface area (Å²) in [6.45, 7) is 3.89. The Bertz CT molecular complexity index is 380. The van der Waals surface area contributed by atoms with Crippen molar-refractivity contribution in [3.63, 3.8) is 0 Å². The van der Waals surface area contributed by atoms with E-state index in [4.69, 9.17) is 16.3 Å². The SMILES string of the molecule is CN(CCOc1cccc(Cl)c1)CC1CCCCN1. The molecule has 1 aromatic carbocycles. The van der Waals surface area contributed by atoms with E-state index in [0.29, 0.717) is 12.6 Å².